The van der Waals surface area contributed by atoms with Crippen LogP contribution in [0.2, 0.25) is 0 Å². The van der Waals surface area contributed by atoms with Crippen molar-refractivity contribution in [2.24, 2.45) is 0 Å². The lowest BCUT2D eigenvalue weighted by Crippen LogP contribution is -2.38. The molecule has 1 aliphatic rings. The molecule has 0 aromatic heterocycles. The van der Waals surface area contributed by atoms with Gasteiger partial charge in [0, 0.05) is 31.5 Å². The summed E-state index contributed by atoms with van der Waals surface area (Å²) in [5.74, 6) is -0.686. The van der Waals surface area contributed by atoms with Crippen LogP contribution in [0.25, 0.3) is 0 Å². The van der Waals surface area contributed by atoms with Crippen molar-refractivity contribution < 1.29 is 14.3 Å². The molecule has 3 rings (SSSR count). The normalized spacial score (nSPS) is 15.6. The second kappa shape index (κ2) is 6.97. The molecule has 0 saturated carbocycles. The van der Waals surface area contributed by atoms with Crippen LogP contribution >= 0.6 is 0 Å². The number of anilines is 2. The second-order valence-corrected chi connectivity index (χ2v) is 6.46. The molecule has 0 saturated heterocycles. The first-order chi connectivity index (χ1) is 12.0. The van der Waals surface area contributed by atoms with Crippen LogP contribution in [-0.2, 0) is 16.0 Å². The van der Waals surface area contributed by atoms with Crippen LogP contribution in [-0.4, -0.2) is 38.6 Å². The summed E-state index contributed by atoms with van der Waals surface area (Å²) in [5.41, 5.74) is 3.49. The zero-order chi connectivity index (χ0) is 18.0. The van der Waals surface area contributed by atoms with Gasteiger partial charge in [-0.05, 0) is 49.2 Å². The van der Waals surface area contributed by atoms with E-state index in [-0.39, 0.29) is 18.6 Å². The molecule has 0 radical (unpaired) electrons. The largest absolute Gasteiger partial charge is 0.452 e. The van der Waals surface area contributed by atoms with E-state index in [1.807, 2.05) is 62.3 Å². The van der Waals surface area contributed by atoms with Gasteiger partial charge in [0.25, 0.3) is 5.91 Å². The van der Waals surface area contributed by atoms with Gasteiger partial charge in [0.2, 0.25) is 0 Å². The minimum Gasteiger partial charge on any atom is -0.452 e. The molecule has 5 nitrogen and oxygen atoms in total. The summed E-state index contributed by atoms with van der Waals surface area (Å²) >= 11 is 0. The average Bonchev–Trinajstić information content (AvgIpc) is 2.95. The highest BCUT2D eigenvalue weighted by Crippen LogP contribution is 2.31. The highest BCUT2D eigenvalue weighted by Gasteiger charge is 2.30. The highest BCUT2D eigenvalue weighted by atomic mass is 16.5. The maximum absolute atomic E-state index is 12.5. The Hall–Kier alpha value is -2.82. The monoisotopic (exact) mass is 338 g/mol. The van der Waals surface area contributed by atoms with E-state index in [0.29, 0.717) is 5.56 Å². The number of fused-ring (bicyclic) bond motifs is 1. The van der Waals surface area contributed by atoms with Crippen LogP contribution in [0.15, 0.2) is 48.5 Å². The number of ether oxygens (including phenoxy) is 1. The van der Waals surface area contributed by atoms with Gasteiger partial charge in [-0.2, -0.15) is 0 Å². The number of amides is 1. The van der Waals surface area contributed by atoms with Gasteiger partial charge in [-0.1, -0.05) is 18.2 Å². The number of para-hydroxylation sites is 1. The summed E-state index contributed by atoms with van der Waals surface area (Å²) < 4.78 is 5.22. The van der Waals surface area contributed by atoms with Crippen molar-refractivity contribution in [3.63, 3.8) is 0 Å². The van der Waals surface area contributed by atoms with Gasteiger partial charge >= 0.3 is 5.97 Å². The van der Waals surface area contributed by atoms with E-state index in [1.54, 1.807) is 17.0 Å². The molecule has 1 atom stereocenters. The van der Waals surface area contributed by atoms with Crippen molar-refractivity contribution in [3.8, 4) is 0 Å². The van der Waals surface area contributed by atoms with E-state index in [9.17, 15) is 9.59 Å². The zero-order valence-corrected chi connectivity index (χ0v) is 14.7. The number of hydrogen-bond acceptors (Lipinski definition) is 4. The molecule has 1 aliphatic heterocycles. The number of hydrogen-bond donors (Lipinski definition) is 0. The molecule has 2 aromatic rings. The summed E-state index contributed by atoms with van der Waals surface area (Å²) in [6.45, 7) is 1.74. The molecule has 0 fully saturated rings. The lowest BCUT2D eigenvalue weighted by atomic mass is 10.1. The van der Waals surface area contributed by atoms with Crippen LogP contribution < -0.4 is 9.80 Å². The molecular weight excluding hydrogens is 316 g/mol. The van der Waals surface area contributed by atoms with Gasteiger partial charge in [0.15, 0.2) is 6.61 Å². The average molecular weight is 338 g/mol. The first-order valence-corrected chi connectivity index (χ1v) is 8.32. The molecule has 130 valence electrons. The molecule has 1 heterocycles. The number of nitrogens with zero attached hydrogens (tertiary/aromatic N) is 2. The number of rotatable bonds is 4. The molecule has 0 N–H and O–H groups in total. The van der Waals surface area contributed by atoms with Crippen molar-refractivity contribution >= 4 is 23.3 Å². The Balaban J connectivity index is 1.63. The third-order valence-corrected chi connectivity index (χ3v) is 4.42. The maximum Gasteiger partial charge on any atom is 0.338 e. The van der Waals surface area contributed by atoms with E-state index in [4.69, 9.17) is 4.74 Å². The SMILES string of the molecule is C[C@H]1Cc2ccccc2N1C(=O)COC(=O)c1ccc(N(C)C)cc1. The van der Waals surface area contributed by atoms with Crippen molar-refractivity contribution in [3.05, 3.63) is 59.7 Å². The van der Waals surface area contributed by atoms with Crippen molar-refractivity contribution in [2.45, 2.75) is 19.4 Å². The molecule has 0 bridgehead atoms. The third-order valence-electron chi connectivity index (χ3n) is 4.42. The Kier molecular flexibility index (Phi) is 4.74. The zero-order valence-electron chi connectivity index (χ0n) is 14.7. The predicted octanol–water partition coefficient (Wildman–Crippen LogP) is 2.89. The van der Waals surface area contributed by atoms with Crippen LogP contribution in [0.4, 0.5) is 11.4 Å². The molecule has 5 heteroatoms. The Bertz CT molecular complexity index is 784. The quantitative estimate of drug-likeness (QED) is 0.805. The summed E-state index contributed by atoms with van der Waals surface area (Å²) in [6, 6.07) is 15.0. The van der Waals surface area contributed by atoms with Crippen LogP contribution in [0.5, 0.6) is 0 Å². The molecule has 2 aromatic carbocycles. The molecular formula is C20H22N2O3. The van der Waals surface area contributed by atoms with E-state index < -0.39 is 5.97 Å². The van der Waals surface area contributed by atoms with E-state index in [2.05, 4.69) is 0 Å². The Labute approximate surface area is 147 Å². The van der Waals surface area contributed by atoms with Crippen molar-refractivity contribution in [1.29, 1.82) is 0 Å². The van der Waals surface area contributed by atoms with Crippen molar-refractivity contribution in [2.75, 3.05) is 30.5 Å². The van der Waals surface area contributed by atoms with Gasteiger partial charge < -0.3 is 14.5 Å². The van der Waals surface area contributed by atoms with Gasteiger partial charge in [-0.25, -0.2) is 4.79 Å². The van der Waals surface area contributed by atoms with Crippen LogP contribution in [0.3, 0.4) is 0 Å². The Morgan fingerprint density at radius 3 is 2.48 bits per heavy atom. The smallest absolute Gasteiger partial charge is 0.338 e. The number of esters is 1. The Morgan fingerprint density at radius 1 is 1.12 bits per heavy atom. The third kappa shape index (κ3) is 3.50. The lowest BCUT2D eigenvalue weighted by Gasteiger charge is -2.22. The molecule has 0 spiro atoms. The number of carbonyl (C=O) groups excluding carboxylic acids is 2. The summed E-state index contributed by atoms with van der Waals surface area (Å²) in [5, 5.41) is 0. The highest BCUT2D eigenvalue weighted by molar-refractivity contribution is 5.99. The topological polar surface area (TPSA) is 49.9 Å². The summed E-state index contributed by atoms with van der Waals surface area (Å²) in [7, 11) is 3.86. The molecule has 1 amide bonds. The van der Waals surface area contributed by atoms with Gasteiger partial charge in [0.05, 0.1) is 5.56 Å². The fourth-order valence-electron chi connectivity index (χ4n) is 3.12. The number of benzene rings is 2. The predicted molar refractivity (Wildman–Crippen MR) is 98.1 cm³/mol. The van der Waals surface area contributed by atoms with Crippen LogP contribution in [0, 0.1) is 0 Å². The van der Waals surface area contributed by atoms with Crippen molar-refractivity contribution in [1.82, 2.24) is 0 Å². The van der Waals surface area contributed by atoms with Gasteiger partial charge in [-0.15, -0.1) is 0 Å². The maximum atomic E-state index is 12.5. The minimum atomic E-state index is -0.487. The lowest BCUT2D eigenvalue weighted by molar-refractivity contribution is -0.122. The first-order valence-electron chi connectivity index (χ1n) is 8.32. The van der Waals surface area contributed by atoms with E-state index in [0.717, 1.165) is 23.4 Å². The standard InChI is InChI=1S/C20H22N2O3/c1-14-12-16-6-4-5-7-18(16)22(14)19(23)13-25-20(24)15-8-10-17(11-9-15)21(2)3/h4-11,14H,12-13H2,1-3H3/t14-/m0/s1. The van der Waals surface area contributed by atoms with Gasteiger partial charge in [-0.3, -0.25) is 4.79 Å². The number of carbonyl (C=O) groups is 2. The molecule has 25 heavy (non-hydrogen) atoms. The first kappa shape index (κ1) is 17.0. The minimum absolute atomic E-state index is 0.0722. The summed E-state index contributed by atoms with van der Waals surface area (Å²) in [4.78, 5) is 28.4. The Morgan fingerprint density at radius 2 is 1.80 bits per heavy atom. The fraction of sp³-hybridized carbons (Fsp3) is 0.300. The molecule has 0 aliphatic carbocycles. The van der Waals surface area contributed by atoms with Crippen LogP contribution in [0.1, 0.15) is 22.8 Å². The second-order valence-electron chi connectivity index (χ2n) is 6.46. The van der Waals surface area contributed by atoms with E-state index >= 15 is 0 Å². The fourth-order valence-corrected chi connectivity index (χ4v) is 3.12. The van der Waals surface area contributed by atoms with E-state index in [1.165, 1.54) is 0 Å². The molecule has 0 unspecified atom stereocenters. The van der Waals surface area contributed by atoms with Gasteiger partial charge in [0.1, 0.15) is 0 Å². The summed E-state index contributed by atoms with van der Waals surface area (Å²) in [6.07, 6.45) is 0.821.